The van der Waals surface area contributed by atoms with Crippen LogP contribution in [0.2, 0.25) is 0 Å². The summed E-state index contributed by atoms with van der Waals surface area (Å²) in [6.45, 7) is 0. The van der Waals surface area contributed by atoms with Crippen LogP contribution in [-0.4, -0.2) is 11.9 Å². The number of nitrogens with zero attached hydrogens (tertiary/aromatic N) is 1. The second-order valence-electron chi connectivity index (χ2n) is 3.15. The molecule has 3 N–H and O–H groups in total. The van der Waals surface area contributed by atoms with Crippen LogP contribution in [0.1, 0.15) is 15.9 Å². The summed E-state index contributed by atoms with van der Waals surface area (Å²) >= 11 is 1.63. The summed E-state index contributed by atoms with van der Waals surface area (Å²) in [5, 5.41) is 3.78. The van der Waals surface area contributed by atoms with Gasteiger partial charge in [0, 0.05) is 9.13 Å². The van der Waals surface area contributed by atoms with E-state index >= 15 is 0 Å². The molecule has 0 radical (unpaired) electrons. The van der Waals surface area contributed by atoms with E-state index in [2.05, 4.69) is 0 Å². The van der Waals surface area contributed by atoms with Gasteiger partial charge >= 0.3 is 6.18 Å². The first kappa shape index (κ1) is 14.7. The van der Waals surface area contributed by atoms with Gasteiger partial charge in [0.2, 0.25) is 5.96 Å². The predicted molar refractivity (Wildman–Crippen MR) is 64.4 cm³/mol. The zero-order chi connectivity index (χ0) is 13.9. The molecule has 0 spiro atoms. The average Bonchev–Trinajstić information content (AvgIpc) is 2.26. The zero-order valence-corrected chi connectivity index (χ0v) is 10.7. The molecule has 0 unspecified atom stereocenters. The minimum atomic E-state index is -4.57. The number of alkyl halides is 3. The summed E-state index contributed by atoms with van der Waals surface area (Å²) in [5.41, 5.74) is 3.62. The Labute approximate surface area is 112 Å². The monoisotopic (exact) mass is 375 g/mol. The number of benzene rings is 1. The highest BCUT2D eigenvalue weighted by Crippen LogP contribution is 2.31. The molecule has 0 aliphatic rings. The molecule has 1 rings (SSSR count). The molecule has 0 aliphatic heterocycles. The summed E-state index contributed by atoms with van der Waals surface area (Å²) < 4.78 is 49.4. The molecule has 18 heavy (non-hydrogen) atoms. The number of hydrogen-bond donors (Lipinski definition) is 2. The van der Waals surface area contributed by atoms with Gasteiger partial charge < -0.3 is 5.73 Å². The molecule has 0 saturated heterocycles. The topological polar surface area (TPSA) is 67.5 Å². The molecule has 1 aromatic carbocycles. The number of carbonyl (C=O) groups excluding carboxylic acids is 1. The third-order valence-corrected chi connectivity index (χ3v) is 2.44. The Balaban J connectivity index is 3.11. The van der Waals surface area contributed by atoms with Crippen molar-refractivity contribution in [3.63, 3.8) is 0 Å². The molecule has 0 heterocycles. The lowest BCUT2D eigenvalue weighted by molar-refractivity contribution is -0.137. The fourth-order valence-electron chi connectivity index (χ4n) is 1.09. The van der Waals surface area contributed by atoms with Crippen molar-refractivity contribution in [3.8, 4) is 0 Å². The summed E-state index contributed by atoms with van der Waals surface area (Å²) in [4.78, 5) is 11.4. The van der Waals surface area contributed by atoms with Gasteiger partial charge in [0.25, 0.3) is 5.91 Å². The number of halogens is 5. The maximum Gasteiger partial charge on any atom is 0.416 e. The molecule has 0 aromatic heterocycles. The van der Waals surface area contributed by atoms with Gasteiger partial charge in [-0.05, 0) is 40.8 Å². The van der Waals surface area contributed by atoms with Crippen LogP contribution >= 0.6 is 22.6 Å². The third kappa shape index (κ3) is 3.82. The van der Waals surface area contributed by atoms with Crippen molar-refractivity contribution in [3.05, 3.63) is 32.9 Å². The smallest absolute Gasteiger partial charge is 0.367 e. The maximum absolute atomic E-state index is 12.5. The van der Waals surface area contributed by atoms with Gasteiger partial charge in [-0.25, -0.2) is 0 Å². The van der Waals surface area contributed by atoms with Crippen molar-refractivity contribution in [1.29, 1.82) is 0 Å². The summed E-state index contributed by atoms with van der Waals surface area (Å²) in [6, 6.07) is 2.73. The van der Waals surface area contributed by atoms with Crippen molar-refractivity contribution in [2.45, 2.75) is 6.18 Å². The van der Waals surface area contributed by atoms with Gasteiger partial charge in [-0.1, -0.05) is 9.70 Å². The Morgan fingerprint density at radius 1 is 1.33 bits per heavy atom. The van der Waals surface area contributed by atoms with E-state index in [1.54, 1.807) is 27.9 Å². The van der Waals surface area contributed by atoms with E-state index in [1.807, 2.05) is 5.21 Å². The van der Waals surface area contributed by atoms with Crippen LogP contribution in [0, 0.1) is 3.57 Å². The molecule has 1 amide bonds. The average molecular weight is 375 g/mol. The molecule has 0 fully saturated rings. The number of nitrogens with two attached hydrogens (primary N) is 1. The second-order valence-corrected chi connectivity index (χ2v) is 4.40. The van der Waals surface area contributed by atoms with Crippen molar-refractivity contribution >= 4 is 34.5 Å². The van der Waals surface area contributed by atoms with E-state index in [9.17, 15) is 22.4 Å². The third-order valence-electron chi connectivity index (χ3n) is 1.82. The van der Waals surface area contributed by atoms with Gasteiger partial charge in [-0.15, -0.1) is 0 Å². The molecular weight excluding hydrogens is 369 g/mol. The van der Waals surface area contributed by atoms with Gasteiger partial charge in [0.1, 0.15) is 0 Å². The summed E-state index contributed by atoms with van der Waals surface area (Å²) in [7, 11) is 0. The van der Waals surface area contributed by atoms with Crippen LogP contribution in [0.5, 0.6) is 0 Å². The normalized spacial score (nSPS) is 12.4. The quantitative estimate of drug-likeness (QED) is 0.342. The molecule has 9 heteroatoms. The Morgan fingerprint density at radius 2 is 1.94 bits per heavy atom. The molecule has 1 aromatic rings. The van der Waals surface area contributed by atoms with Gasteiger partial charge in [0.05, 0.1) is 5.56 Å². The van der Waals surface area contributed by atoms with Gasteiger partial charge in [-0.3, -0.25) is 10.1 Å². The number of guanidine groups is 1. The van der Waals surface area contributed by atoms with Crippen LogP contribution in [0.15, 0.2) is 23.4 Å². The molecular formula is C9H6F4IN3O. The van der Waals surface area contributed by atoms with Crippen LogP contribution in [0.3, 0.4) is 0 Å². The predicted octanol–water partition coefficient (Wildman–Crippen LogP) is 2.24. The number of nitrogens with one attached hydrogen (secondary N) is 1. The zero-order valence-electron chi connectivity index (χ0n) is 8.55. The van der Waals surface area contributed by atoms with E-state index in [0.717, 1.165) is 6.07 Å². The molecule has 0 bridgehead atoms. The molecule has 0 aliphatic carbocycles. The fraction of sp³-hybridized carbons (Fsp3) is 0.111. The molecule has 0 atom stereocenters. The first-order chi connectivity index (χ1) is 8.24. The fourth-order valence-corrected chi connectivity index (χ4v) is 1.77. The van der Waals surface area contributed by atoms with Crippen LogP contribution in [0.4, 0.5) is 17.7 Å². The first-order valence-electron chi connectivity index (χ1n) is 4.37. The van der Waals surface area contributed by atoms with Crippen molar-refractivity contribution in [2.24, 2.45) is 10.9 Å². The van der Waals surface area contributed by atoms with Crippen LogP contribution < -0.4 is 11.1 Å². The number of carbonyl (C=O) groups is 1. The summed E-state index contributed by atoms with van der Waals surface area (Å²) in [6.07, 6.45) is -4.57. The molecule has 0 saturated carbocycles. The van der Waals surface area contributed by atoms with Crippen molar-refractivity contribution < 1.29 is 22.4 Å². The van der Waals surface area contributed by atoms with E-state index in [4.69, 9.17) is 5.73 Å². The molecule has 4 nitrogen and oxygen atoms in total. The highest BCUT2D eigenvalue weighted by atomic mass is 127. The van der Waals surface area contributed by atoms with Gasteiger partial charge in [-0.2, -0.15) is 13.2 Å². The molecule has 98 valence electrons. The Bertz CT molecular complexity index is 501. The van der Waals surface area contributed by atoms with Crippen LogP contribution in [0.25, 0.3) is 0 Å². The number of amides is 1. The SMILES string of the molecule is NC(=NF)NC(=O)c1cc(I)cc(C(F)(F)F)c1. The highest BCUT2D eigenvalue weighted by molar-refractivity contribution is 14.1. The lowest BCUT2D eigenvalue weighted by Crippen LogP contribution is -2.36. The summed E-state index contributed by atoms with van der Waals surface area (Å²) in [5.74, 6) is -1.80. The van der Waals surface area contributed by atoms with Crippen molar-refractivity contribution in [2.75, 3.05) is 0 Å². The van der Waals surface area contributed by atoms with E-state index in [1.165, 1.54) is 6.07 Å². The standard InChI is InChI=1S/C9H6F4IN3O/c10-9(11,12)5-1-4(2-6(14)3-5)7(18)16-8(15)17-13/h1-3H,(H3,15,16,17,18). The maximum atomic E-state index is 12.5. The largest absolute Gasteiger partial charge is 0.416 e. The Hall–Kier alpha value is -1.39. The minimum absolute atomic E-state index is 0.211. The number of rotatable bonds is 1. The van der Waals surface area contributed by atoms with E-state index < -0.39 is 23.6 Å². The Morgan fingerprint density at radius 3 is 2.44 bits per heavy atom. The lowest BCUT2D eigenvalue weighted by Gasteiger charge is -2.09. The van der Waals surface area contributed by atoms with E-state index in [0.29, 0.717) is 6.07 Å². The number of hydrogen-bond acceptors (Lipinski definition) is 2. The van der Waals surface area contributed by atoms with Gasteiger partial charge in [0.15, 0.2) is 0 Å². The Kier molecular flexibility index (Phi) is 4.48. The van der Waals surface area contributed by atoms with Crippen LogP contribution in [-0.2, 0) is 6.18 Å². The highest BCUT2D eigenvalue weighted by Gasteiger charge is 2.31. The second kappa shape index (κ2) is 5.50. The minimum Gasteiger partial charge on any atom is -0.367 e. The lowest BCUT2D eigenvalue weighted by atomic mass is 10.1. The van der Waals surface area contributed by atoms with Crippen molar-refractivity contribution in [1.82, 2.24) is 5.32 Å². The van der Waals surface area contributed by atoms with E-state index in [-0.39, 0.29) is 9.13 Å². The first-order valence-corrected chi connectivity index (χ1v) is 5.45.